The number of nitrogens with two attached hydrogens (primary N) is 1. The van der Waals surface area contributed by atoms with Crippen LogP contribution in [0.25, 0.3) is 0 Å². The monoisotopic (exact) mass is 188 g/mol. The second-order valence-corrected chi connectivity index (χ2v) is 2.68. The molecule has 0 unspecified atom stereocenters. The lowest BCUT2D eigenvalue weighted by molar-refractivity contribution is -0.144. The molecule has 0 heterocycles. The summed E-state index contributed by atoms with van der Waals surface area (Å²) in [5.41, 5.74) is 5.22. The number of nitrogens with zero attached hydrogens (tertiary/aromatic N) is 1. The summed E-state index contributed by atoms with van der Waals surface area (Å²) in [7, 11) is 0. The van der Waals surface area contributed by atoms with Gasteiger partial charge in [-0.3, -0.25) is 14.5 Å². The van der Waals surface area contributed by atoms with Crippen LogP contribution in [0, 0.1) is 0 Å². The summed E-state index contributed by atoms with van der Waals surface area (Å²) in [5.74, 6) is -0.608. The molecule has 0 aliphatic rings. The maximum absolute atomic E-state index is 11.3. The van der Waals surface area contributed by atoms with E-state index in [4.69, 9.17) is 10.8 Å². The van der Waals surface area contributed by atoms with Gasteiger partial charge in [-0.2, -0.15) is 0 Å². The van der Waals surface area contributed by atoms with E-state index < -0.39 is 0 Å². The van der Waals surface area contributed by atoms with Crippen LogP contribution in [-0.2, 0) is 9.59 Å². The molecule has 0 spiro atoms. The summed E-state index contributed by atoms with van der Waals surface area (Å²) in [4.78, 5) is 23.2. The first-order valence-electron chi connectivity index (χ1n) is 4.25. The Morgan fingerprint density at radius 3 is 2.46 bits per heavy atom. The quantitative estimate of drug-likeness (QED) is 0.585. The molecule has 2 amide bonds. The van der Waals surface area contributed by atoms with Gasteiger partial charge in [0.15, 0.2) is 0 Å². The van der Waals surface area contributed by atoms with Crippen molar-refractivity contribution in [2.75, 3.05) is 19.7 Å². The summed E-state index contributed by atoms with van der Waals surface area (Å²) < 4.78 is 0. The molecule has 13 heavy (non-hydrogen) atoms. The predicted octanol–water partition coefficient (Wildman–Crippen LogP) is -0.907. The number of aliphatic hydroxyl groups excluding tert-OH is 1. The van der Waals surface area contributed by atoms with Gasteiger partial charge in [-0.05, 0) is 13.0 Å². The van der Waals surface area contributed by atoms with Crippen molar-refractivity contribution in [1.29, 1.82) is 0 Å². The Balaban J connectivity index is 4.03. The second-order valence-electron chi connectivity index (χ2n) is 2.68. The van der Waals surface area contributed by atoms with Gasteiger partial charge in [-0.15, -0.1) is 0 Å². The molecule has 0 aromatic heterocycles. The Morgan fingerprint density at radius 2 is 2.08 bits per heavy atom. The van der Waals surface area contributed by atoms with Crippen molar-refractivity contribution in [3.8, 4) is 0 Å². The van der Waals surface area contributed by atoms with Crippen molar-refractivity contribution in [3.05, 3.63) is 0 Å². The molecular formula is C8H16N2O3. The molecule has 5 nitrogen and oxygen atoms in total. The van der Waals surface area contributed by atoms with Crippen LogP contribution < -0.4 is 5.73 Å². The van der Waals surface area contributed by atoms with Crippen molar-refractivity contribution in [3.63, 3.8) is 0 Å². The molecule has 0 saturated heterocycles. The molecule has 0 rings (SSSR count). The minimum atomic E-state index is -0.337. The highest BCUT2D eigenvalue weighted by molar-refractivity contribution is 5.94. The van der Waals surface area contributed by atoms with E-state index in [1.807, 2.05) is 0 Å². The maximum Gasteiger partial charge on any atom is 0.229 e. The number of hydrogen-bond donors (Lipinski definition) is 2. The molecule has 76 valence electrons. The number of hydrogen-bond acceptors (Lipinski definition) is 4. The van der Waals surface area contributed by atoms with E-state index >= 15 is 0 Å². The van der Waals surface area contributed by atoms with Gasteiger partial charge in [-0.25, -0.2) is 0 Å². The van der Waals surface area contributed by atoms with Crippen molar-refractivity contribution in [2.24, 2.45) is 5.73 Å². The van der Waals surface area contributed by atoms with Crippen molar-refractivity contribution >= 4 is 11.8 Å². The van der Waals surface area contributed by atoms with Crippen LogP contribution >= 0.6 is 0 Å². The first-order valence-corrected chi connectivity index (χ1v) is 4.25. The highest BCUT2D eigenvalue weighted by atomic mass is 16.3. The van der Waals surface area contributed by atoms with Crippen molar-refractivity contribution < 1.29 is 14.7 Å². The fourth-order valence-electron chi connectivity index (χ4n) is 0.946. The van der Waals surface area contributed by atoms with E-state index in [2.05, 4.69) is 0 Å². The molecule has 0 aliphatic carbocycles. The van der Waals surface area contributed by atoms with E-state index in [0.29, 0.717) is 13.0 Å². The molecule has 0 aromatic carbocycles. The third-order valence-electron chi connectivity index (χ3n) is 1.60. The fourth-order valence-corrected chi connectivity index (χ4v) is 0.946. The van der Waals surface area contributed by atoms with E-state index in [1.165, 1.54) is 6.92 Å². The van der Waals surface area contributed by atoms with E-state index in [-0.39, 0.29) is 31.4 Å². The number of amides is 2. The number of imide groups is 1. The molecular weight excluding hydrogens is 172 g/mol. The SMILES string of the molecule is CC(=O)N(CCO)C(=O)CCCN. The molecule has 0 saturated carbocycles. The van der Waals surface area contributed by atoms with Crippen LogP contribution in [0.15, 0.2) is 0 Å². The van der Waals surface area contributed by atoms with E-state index in [9.17, 15) is 9.59 Å². The van der Waals surface area contributed by atoms with E-state index in [0.717, 1.165) is 4.90 Å². The van der Waals surface area contributed by atoms with Crippen LogP contribution in [0.3, 0.4) is 0 Å². The molecule has 0 fully saturated rings. The lowest BCUT2D eigenvalue weighted by atomic mass is 10.2. The van der Waals surface area contributed by atoms with Crippen LogP contribution in [0.4, 0.5) is 0 Å². The number of rotatable bonds is 5. The Morgan fingerprint density at radius 1 is 1.46 bits per heavy atom. The van der Waals surface area contributed by atoms with Gasteiger partial charge in [0.25, 0.3) is 0 Å². The molecule has 0 radical (unpaired) electrons. The molecule has 0 aliphatic heterocycles. The summed E-state index contributed by atoms with van der Waals surface area (Å²) >= 11 is 0. The maximum atomic E-state index is 11.3. The third kappa shape index (κ3) is 4.59. The summed E-state index contributed by atoms with van der Waals surface area (Å²) in [6, 6.07) is 0. The van der Waals surface area contributed by atoms with Gasteiger partial charge < -0.3 is 10.8 Å². The topological polar surface area (TPSA) is 83.6 Å². The number of carbonyl (C=O) groups excluding carboxylic acids is 2. The summed E-state index contributed by atoms with van der Waals surface area (Å²) in [6.45, 7) is 1.60. The fraction of sp³-hybridized carbons (Fsp3) is 0.750. The molecule has 3 N–H and O–H groups in total. The van der Waals surface area contributed by atoms with Gasteiger partial charge in [0, 0.05) is 13.3 Å². The van der Waals surface area contributed by atoms with Gasteiger partial charge in [0.2, 0.25) is 11.8 Å². The summed E-state index contributed by atoms with van der Waals surface area (Å²) in [5, 5.41) is 8.59. The normalized spacial score (nSPS) is 9.77. The molecule has 0 atom stereocenters. The van der Waals surface area contributed by atoms with Gasteiger partial charge in [0.05, 0.1) is 13.2 Å². The largest absolute Gasteiger partial charge is 0.395 e. The number of carbonyl (C=O) groups is 2. The first-order chi connectivity index (χ1) is 6.13. The smallest absolute Gasteiger partial charge is 0.229 e. The second kappa shape index (κ2) is 6.56. The minimum Gasteiger partial charge on any atom is -0.395 e. The molecule has 5 heteroatoms. The standard InChI is InChI=1S/C8H16N2O3/c1-7(12)10(5-6-11)8(13)3-2-4-9/h11H,2-6,9H2,1H3. The Hall–Kier alpha value is -0.940. The lowest BCUT2D eigenvalue weighted by Gasteiger charge is -2.17. The molecule has 0 bridgehead atoms. The minimum absolute atomic E-state index is 0.0682. The zero-order chi connectivity index (χ0) is 10.3. The van der Waals surface area contributed by atoms with Gasteiger partial charge in [-0.1, -0.05) is 0 Å². The van der Waals surface area contributed by atoms with Gasteiger partial charge >= 0.3 is 0 Å². The zero-order valence-electron chi connectivity index (χ0n) is 7.82. The Bertz CT molecular complexity index is 182. The van der Waals surface area contributed by atoms with Crippen LogP contribution in [0.2, 0.25) is 0 Å². The highest BCUT2D eigenvalue weighted by Gasteiger charge is 2.15. The van der Waals surface area contributed by atoms with Crippen LogP contribution in [0.1, 0.15) is 19.8 Å². The average molecular weight is 188 g/mol. The average Bonchev–Trinajstić information content (AvgIpc) is 2.09. The van der Waals surface area contributed by atoms with Gasteiger partial charge in [0.1, 0.15) is 0 Å². The highest BCUT2D eigenvalue weighted by Crippen LogP contribution is 1.97. The van der Waals surface area contributed by atoms with Crippen molar-refractivity contribution in [2.45, 2.75) is 19.8 Å². The molecule has 0 aromatic rings. The summed E-state index contributed by atoms with van der Waals surface area (Å²) in [6.07, 6.45) is 0.824. The van der Waals surface area contributed by atoms with E-state index in [1.54, 1.807) is 0 Å². The Labute approximate surface area is 77.5 Å². The van der Waals surface area contributed by atoms with Crippen molar-refractivity contribution in [1.82, 2.24) is 4.90 Å². The third-order valence-corrected chi connectivity index (χ3v) is 1.60. The zero-order valence-corrected chi connectivity index (χ0v) is 7.82. The number of aliphatic hydroxyl groups is 1. The van der Waals surface area contributed by atoms with Crippen LogP contribution in [-0.4, -0.2) is 41.5 Å². The first kappa shape index (κ1) is 12.1. The lowest BCUT2D eigenvalue weighted by Crippen LogP contribution is -2.37. The predicted molar refractivity (Wildman–Crippen MR) is 47.8 cm³/mol. The van der Waals surface area contributed by atoms with Crippen LogP contribution in [0.5, 0.6) is 0 Å². The Kier molecular flexibility index (Phi) is 6.09.